The molecule has 0 bridgehead atoms. The predicted molar refractivity (Wildman–Crippen MR) is 208 cm³/mol. The van der Waals surface area contributed by atoms with Crippen molar-refractivity contribution in [1.82, 2.24) is 19.6 Å². The van der Waals surface area contributed by atoms with Crippen molar-refractivity contribution in [3.63, 3.8) is 0 Å². The van der Waals surface area contributed by atoms with Gasteiger partial charge < -0.3 is 24.8 Å². The molecule has 0 amide bonds. The van der Waals surface area contributed by atoms with Crippen LogP contribution >= 0.6 is 7.82 Å². The van der Waals surface area contributed by atoms with Gasteiger partial charge in [0.1, 0.15) is 35.3 Å². The Morgan fingerprint density at radius 2 is 1.63 bits per heavy atom. The largest absolute Gasteiger partial charge is 0.472 e. The molecule has 4 rings (SSSR count). The molecule has 3 aromatic heterocycles. The molecule has 3 aromatic rings. The molecular weight excluding hydrogens is 707 g/mol. The first-order chi connectivity index (χ1) is 26.2. The van der Waals surface area contributed by atoms with Crippen molar-refractivity contribution in [2.24, 2.45) is 0 Å². The van der Waals surface area contributed by atoms with Gasteiger partial charge in [0.05, 0.1) is 38.2 Å². The van der Waals surface area contributed by atoms with Gasteiger partial charge in [0.25, 0.3) is 0 Å². The van der Waals surface area contributed by atoms with Crippen LogP contribution in [-0.2, 0) is 40.0 Å². The molecule has 300 valence electrons. The maximum absolute atomic E-state index is 12.9. The Hall–Kier alpha value is -2.95. The van der Waals surface area contributed by atoms with Gasteiger partial charge >= 0.3 is 7.82 Å². The van der Waals surface area contributed by atoms with Crippen molar-refractivity contribution in [3.05, 3.63) is 53.7 Å². The third-order valence-corrected chi connectivity index (χ3v) is 11.1. The summed E-state index contributed by atoms with van der Waals surface area (Å²) in [6.45, 7) is 4.81. The van der Waals surface area contributed by atoms with Gasteiger partial charge in [0.15, 0.2) is 5.82 Å². The molecule has 14 heteroatoms. The Balaban J connectivity index is 1.12. The van der Waals surface area contributed by atoms with E-state index in [1.165, 1.54) is 96.2 Å². The third kappa shape index (κ3) is 15.3. The second-order valence-corrected chi connectivity index (χ2v) is 16.2. The SMILES string of the molecule is CCCCCCCCCCCCCCCCCCOC[C@H](COP(=O)(O)OC[C@@H]1CC[C@](C)(c2ccc3c(N)ncnn23)O1)OCc1ccc(C#N)nc1. The molecule has 0 radical (unpaired) electrons. The van der Waals surface area contributed by atoms with Crippen molar-refractivity contribution in [3.8, 4) is 6.07 Å². The highest BCUT2D eigenvalue weighted by atomic mass is 31.2. The van der Waals surface area contributed by atoms with Crippen LogP contribution in [0.15, 0.2) is 36.8 Å². The lowest BCUT2D eigenvalue weighted by atomic mass is 9.98. The van der Waals surface area contributed by atoms with Crippen LogP contribution in [0.3, 0.4) is 0 Å². The molecule has 1 fully saturated rings. The van der Waals surface area contributed by atoms with E-state index in [9.17, 15) is 9.46 Å². The van der Waals surface area contributed by atoms with E-state index in [-0.39, 0.29) is 26.4 Å². The van der Waals surface area contributed by atoms with E-state index in [4.69, 9.17) is 34.3 Å². The van der Waals surface area contributed by atoms with Gasteiger partial charge in [-0.1, -0.05) is 109 Å². The summed E-state index contributed by atoms with van der Waals surface area (Å²) in [5.41, 5.74) is 7.88. The number of fused-ring (bicyclic) bond motifs is 1. The Morgan fingerprint density at radius 3 is 2.26 bits per heavy atom. The molecule has 0 spiro atoms. The van der Waals surface area contributed by atoms with Gasteiger partial charge in [0, 0.05) is 12.8 Å². The Morgan fingerprint density at radius 1 is 0.963 bits per heavy atom. The summed E-state index contributed by atoms with van der Waals surface area (Å²) in [7, 11) is -4.44. The molecule has 4 atom stereocenters. The summed E-state index contributed by atoms with van der Waals surface area (Å²) in [6.07, 6.45) is 24.1. The van der Waals surface area contributed by atoms with Gasteiger partial charge in [-0.25, -0.2) is 19.0 Å². The zero-order valence-corrected chi connectivity index (χ0v) is 33.4. The van der Waals surface area contributed by atoms with Crippen LogP contribution in [0.25, 0.3) is 5.52 Å². The normalized spacial score (nSPS) is 18.9. The number of hydrogen-bond donors (Lipinski definition) is 2. The number of ether oxygens (including phenoxy) is 3. The van der Waals surface area contributed by atoms with E-state index >= 15 is 0 Å². The second kappa shape index (κ2) is 23.9. The van der Waals surface area contributed by atoms with E-state index in [1.807, 2.05) is 25.1 Å². The average Bonchev–Trinajstić information content (AvgIpc) is 3.80. The minimum atomic E-state index is -4.44. The highest BCUT2D eigenvalue weighted by Crippen LogP contribution is 2.46. The first-order valence-electron chi connectivity index (χ1n) is 20.2. The second-order valence-electron chi connectivity index (χ2n) is 14.7. The fourth-order valence-corrected chi connectivity index (χ4v) is 7.66. The molecular formula is C40H63N6O7P. The smallest absolute Gasteiger partial charge is 0.382 e. The predicted octanol–water partition coefficient (Wildman–Crippen LogP) is 8.97. The van der Waals surface area contributed by atoms with Gasteiger partial charge in [-0.3, -0.25) is 9.05 Å². The van der Waals surface area contributed by atoms with Crippen LogP contribution in [0, 0.1) is 11.3 Å². The minimum absolute atomic E-state index is 0.123. The lowest BCUT2D eigenvalue weighted by molar-refractivity contribution is -0.0635. The summed E-state index contributed by atoms with van der Waals surface area (Å²) in [5, 5.41) is 13.4. The summed E-state index contributed by atoms with van der Waals surface area (Å²) < 4.78 is 43.7. The molecule has 3 N–H and O–H groups in total. The number of nitriles is 1. The number of rotatable bonds is 29. The number of phosphoric acid groups is 1. The highest BCUT2D eigenvalue weighted by Gasteiger charge is 2.41. The number of phosphoric ester groups is 1. The Kier molecular flexibility index (Phi) is 19.3. The van der Waals surface area contributed by atoms with Crippen LogP contribution in [0.2, 0.25) is 0 Å². The fourth-order valence-electron chi connectivity index (χ4n) is 6.87. The van der Waals surface area contributed by atoms with E-state index in [2.05, 4.69) is 22.0 Å². The minimum Gasteiger partial charge on any atom is -0.382 e. The lowest BCUT2D eigenvalue weighted by Crippen LogP contribution is -2.27. The molecule has 1 unspecified atom stereocenters. The first-order valence-corrected chi connectivity index (χ1v) is 21.7. The van der Waals surface area contributed by atoms with Crippen LogP contribution in [0.4, 0.5) is 5.82 Å². The first kappa shape index (κ1) is 43.8. The molecule has 0 saturated carbocycles. The number of nitrogens with zero attached hydrogens (tertiary/aromatic N) is 5. The fraction of sp³-hybridized carbons (Fsp3) is 0.700. The third-order valence-electron chi connectivity index (χ3n) is 10.1. The summed E-state index contributed by atoms with van der Waals surface area (Å²) in [6, 6.07) is 9.13. The van der Waals surface area contributed by atoms with E-state index < -0.39 is 25.6 Å². The van der Waals surface area contributed by atoms with Crippen LogP contribution in [0.5, 0.6) is 0 Å². The zero-order chi connectivity index (χ0) is 38.5. The van der Waals surface area contributed by atoms with E-state index in [1.54, 1.807) is 22.8 Å². The summed E-state index contributed by atoms with van der Waals surface area (Å²) in [4.78, 5) is 18.7. The number of nitrogens with two attached hydrogens (primary N) is 1. The number of unbranched alkanes of at least 4 members (excludes halogenated alkanes) is 15. The van der Waals surface area contributed by atoms with Crippen molar-refractivity contribution in [2.75, 3.05) is 32.2 Å². The number of aromatic nitrogens is 4. The van der Waals surface area contributed by atoms with Gasteiger partial charge in [-0.05, 0) is 49.9 Å². The molecule has 0 aliphatic carbocycles. The maximum atomic E-state index is 12.9. The van der Waals surface area contributed by atoms with Crippen LogP contribution in [-0.4, -0.2) is 63.1 Å². The Labute approximate surface area is 321 Å². The lowest BCUT2D eigenvalue weighted by Gasteiger charge is -2.25. The van der Waals surface area contributed by atoms with Crippen LogP contribution < -0.4 is 5.73 Å². The number of anilines is 1. The monoisotopic (exact) mass is 770 g/mol. The number of nitrogen functional groups attached to an aromatic ring is 1. The quantitative estimate of drug-likeness (QED) is 0.0507. The average molecular weight is 771 g/mol. The van der Waals surface area contributed by atoms with Crippen LogP contribution in [0.1, 0.15) is 146 Å². The van der Waals surface area contributed by atoms with Gasteiger partial charge in [-0.2, -0.15) is 10.4 Å². The van der Waals surface area contributed by atoms with E-state index in [0.29, 0.717) is 36.5 Å². The number of hydrogen-bond acceptors (Lipinski definition) is 11. The van der Waals surface area contributed by atoms with Crippen molar-refractivity contribution in [2.45, 2.75) is 154 Å². The maximum Gasteiger partial charge on any atom is 0.472 e. The molecule has 1 aliphatic rings. The highest BCUT2D eigenvalue weighted by molar-refractivity contribution is 7.47. The molecule has 13 nitrogen and oxygen atoms in total. The van der Waals surface area contributed by atoms with Gasteiger partial charge in [0.2, 0.25) is 0 Å². The number of pyridine rings is 1. The topological polar surface area (TPSA) is 176 Å². The molecule has 4 heterocycles. The van der Waals surface area contributed by atoms with E-state index in [0.717, 1.165) is 24.1 Å². The standard InChI is InChI=1S/C40H63N6O7P/c1-3-4-5-6-7-8-9-10-11-12-13-14-15-16-17-18-25-49-29-36(50-28-33-19-20-34(26-41)43-27-33)31-52-54(47,48)51-30-35-23-24-40(2,53-35)38-22-21-37-39(42)44-32-45-46(37)38/h19-22,27,32,35-36H,3-18,23-25,28-31H2,1-2H3,(H,47,48)(H2,42,44,45)/t35-,36+,40+/m0/s1. The zero-order valence-electron chi connectivity index (χ0n) is 32.5. The molecule has 1 saturated heterocycles. The van der Waals surface area contributed by atoms with Crippen molar-refractivity contribution >= 4 is 19.2 Å². The van der Waals surface area contributed by atoms with Crippen molar-refractivity contribution in [1.29, 1.82) is 5.26 Å². The molecule has 54 heavy (non-hydrogen) atoms. The van der Waals surface area contributed by atoms with Crippen molar-refractivity contribution < 1.29 is 32.7 Å². The molecule has 1 aliphatic heterocycles. The summed E-state index contributed by atoms with van der Waals surface area (Å²) >= 11 is 0. The molecule has 0 aromatic carbocycles. The Bertz CT molecular complexity index is 1580. The summed E-state index contributed by atoms with van der Waals surface area (Å²) in [5.74, 6) is 0.373. The van der Waals surface area contributed by atoms with Gasteiger partial charge in [-0.15, -0.1) is 0 Å².